The van der Waals surface area contributed by atoms with Crippen molar-refractivity contribution >= 4 is 45.4 Å². The predicted molar refractivity (Wildman–Crippen MR) is 139 cm³/mol. The number of carbonyl (C=O) groups excluding carboxylic acids is 2. The molecular weight excluding hydrogens is 438 g/mol. The second-order valence-electron chi connectivity index (χ2n) is 9.39. The lowest BCUT2D eigenvalue weighted by Crippen LogP contribution is -2.29. The number of aryl methyl sites for hydroxylation is 1. The maximum atomic E-state index is 13.0. The number of fused-ring (bicyclic) bond motifs is 3. The molecule has 0 amide bonds. The van der Waals surface area contributed by atoms with Gasteiger partial charge >= 0.3 is 0 Å². The molecule has 0 saturated heterocycles. The van der Waals surface area contributed by atoms with Crippen LogP contribution in [0.1, 0.15) is 56.1 Å². The zero-order valence-corrected chi connectivity index (χ0v) is 20.1. The summed E-state index contributed by atoms with van der Waals surface area (Å²) in [5.74, 6) is -0.379. The highest BCUT2D eigenvalue weighted by molar-refractivity contribution is 7.17. The lowest BCUT2D eigenvalue weighted by atomic mass is 9.75. The molecule has 1 aromatic heterocycles. The molecule has 0 unspecified atom stereocenters. The highest BCUT2D eigenvalue weighted by Gasteiger charge is 2.39. The molecule has 6 rings (SSSR count). The van der Waals surface area contributed by atoms with E-state index in [1.54, 1.807) is 41.7 Å². The van der Waals surface area contributed by atoms with Gasteiger partial charge in [0.25, 0.3) is 0 Å². The number of benzene rings is 3. The van der Waals surface area contributed by atoms with Crippen LogP contribution in [0.2, 0.25) is 0 Å². The zero-order valence-electron chi connectivity index (χ0n) is 19.3. The third-order valence-corrected chi connectivity index (χ3v) is 8.04. The predicted octanol–water partition coefficient (Wildman–Crippen LogP) is 7.63. The maximum absolute atomic E-state index is 13.0. The minimum Gasteiger partial charge on any atom is -0.301 e. The summed E-state index contributed by atoms with van der Waals surface area (Å²) in [6.07, 6.45) is 1.78. The molecule has 4 heteroatoms. The number of nitrogens with zero attached hydrogens (tertiary/aromatic N) is 1. The summed E-state index contributed by atoms with van der Waals surface area (Å²) in [5, 5.41) is 1.13. The first-order valence-electron chi connectivity index (χ1n) is 11.4. The molecule has 3 nitrogen and oxygen atoms in total. The Hall–Kier alpha value is -3.76. The molecule has 1 aliphatic heterocycles. The van der Waals surface area contributed by atoms with E-state index < -0.39 is 0 Å². The summed E-state index contributed by atoms with van der Waals surface area (Å²) < 4.78 is 0. The van der Waals surface area contributed by atoms with Crippen molar-refractivity contribution < 1.29 is 9.59 Å². The van der Waals surface area contributed by atoms with Crippen LogP contribution in [0.3, 0.4) is 0 Å². The Morgan fingerprint density at radius 2 is 1.35 bits per heavy atom. The zero-order chi connectivity index (χ0) is 23.6. The number of para-hydroxylation sites is 2. The first kappa shape index (κ1) is 20.8. The molecule has 0 saturated carbocycles. The van der Waals surface area contributed by atoms with Crippen molar-refractivity contribution in [1.29, 1.82) is 0 Å². The highest BCUT2D eigenvalue weighted by Crippen LogP contribution is 2.55. The normalized spacial score (nSPS) is 15.7. The largest absolute Gasteiger partial charge is 0.301 e. The second kappa shape index (κ2) is 7.37. The third-order valence-electron chi connectivity index (χ3n) is 6.97. The Bertz CT molecular complexity index is 1500. The second-order valence-corrected chi connectivity index (χ2v) is 10.5. The molecule has 4 aromatic rings. The van der Waals surface area contributed by atoms with Gasteiger partial charge in [-0.25, -0.2) is 0 Å². The number of Topliss-reactive ketones (excluding diaryl/α,β-unsaturated/α-hetero) is 2. The van der Waals surface area contributed by atoms with E-state index in [0.717, 1.165) is 21.3 Å². The third kappa shape index (κ3) is 2.88. The Kier molecular flexibility index (Phi) is 4.51. The molecule has 0 radical (unpaired) electrons. The summed E-state index contributed by atoms with van der Waals surface area (Å²) in [6.45, 7) is 6.61. The van der Waals surface area contributed by atoms with Gasteiger partial charge in [0.1, 0.15) is 5.00 Å². The topological polar surface area (TPSA) is 37.4 Å². The summed E-state index contributed by atoms with van der Waals surface area (Å²) in [5.41, 5.74) is 6.95. The number of thiophene rings is 1. The molecule has 0 bridgehead atoms. The quantitative estimate of drug-likeness (QED) is 0.227. The van der Waals surface area contributed by atoms with Gasteiger partial charge in [-0.15, -0.1) is 11.3 Å². The van der Waals surface area contributed by atoms with Crippen molar-refractivity contribution in [2.75, 3.05) is 4.90 Å². The first-order chi connectivity index (χ1) is 16.4. The lowest BCUT2D eigenvalue weighted by Gasteiger charge is -2.40. The van der Waals surface area contributed by atoms with Gasteiger partial charge in [0.2, 0.25) is 0 Å². The number of hydrogen-bond acceptors (Lipinski definition) is 4. The monoisotopic (exact) mass is 461 g/mol. The minimum absolute atomic E-state index is 0.190. The van der Waals surface area contributed by atoms with Crippen molar-refractivity contribution in [1.82, 2.24) is 0 Å². The van der Waals surface area contributed by atoms with Gasteiger partial charge in [0.15, 0.2) is 11.6 Å². The molecule has 3 aromatic carbocycles. The van der Waals surface area contributed by atoms with Crippen LogP contribution < -0.4 is 4.90 Å². The summed E-state index contributed by atoms with van der Waals surface area (Å²) in [7, 11) is 0. The van der Waals surface area contributed by atoms with Gasteiger partial charge in [-0.05, 0) is 47.9 Å². The van der Waals surface area contributed by atoms with E-state index in [9.17, 15) is 9.59 Å². The maximum Gasteiger partial charge on any atom is 0.197 e. The van der Waals surface area contributed by atoms with Gasteiger partial charge in [-0.2, -0.15) is 0 Å². The Morgan fingerprint density at radius 1 is 0.765 bits per heavy atom. The average molecular weight is 462 g/mol. The van der Waals surface area contributed by atoms with Crippen LogP contribution in [-0.2, 0) is 5.41 Å². The van der Waals surface area contributed by atoms with Crippen LogP contribution in [0.25, 0.3) is 6.08 Å². The van der Waals surface area contributed by atoms with Crippen LogP contribution >= 0.6 is 11.3 Å². The van der Waals surface area contributed by atoms with Crippen LogP contribution in [-0.4, -0.2) is 11.6 Å². The van der Waals surface area contributed by atoms with Crippen LogP contribution in [0.5, 0.6) is 0 Å². The number of rotatable bonds is 2. The summed E-state index contributed by atoms with van der Waals surface area (Å²) >= 11 is 1.63. The molecular formula is C30H23NO2S. The molecule has 34 heavy (non-hydrogen) atoms. The van der Waals surface area contributed by atoms with Crippen molar-refractivity contribution in [2.45, 2.75) is 26.2 Å². The Balaban J connectivity index is 1.55. The van der Waals surface area contributed by atoms with Crippen LogP contribution in [0, 0.1) is 6.92 Å². The lowest BCUT2D eigenvalue weighted by molar-refractivity contribution is 0.0990. The molecule has 0 fully saturated rings. The van der Waals surface area contributed by atoms with E-state index in [1.807, 2.05) is 0 Å². The fourth-order valence-corrected chi connectivity index (χ4v) is 6.42. The van der Waals surface area contributed by atoms with E-state index in [0.29, 0.717) is 11.1 Å². The van der Waals surface area contributed by atoms with E-state index in [1.165, 1.54) is 16.7 Å². The van der Waals surface area contributed by atoms with Gasteiger partial charge in [-0.3, -0.25) is 9.59 Å². The fourth-order valence-electron chi connectivity index (χ4n) is 5.14. The number of allylic oxidation sites excluding steroid dienone is 1. The molecule has 2 aliphatic rings. The van der Waals surface area contributed by atoms with Crippen molar-refractivity contribution in [3.63, 3.8) is 0 Å². The van der Waals surface area contributed by atoms with E-state index >= 15 is 0 Å². The Labute approximate surface area is 203 Å². The number of carbonyl (C=O) groups is 2. The fraction of sp³-hybridized carbons (Fsp3) is 0.133. The van der Waals surface area contributed by atoms with Crippen LogP contribution in [0.15, 0.2) is 84.4 Å². The summed E-state index contributed by atoms with van der Waals surface area (Å²) in [6, 6.07) is 26.1. The molecule has 166 valence electrons. The smallest absolute Gasteiger partial charge is 0.197 e. The van der Waals surface area contributed by atoms with Gasteiger partial charge < -0.3 is 4.90 Å². The molecule has 0 spiro atoms. The van der Waals surface area contributed by atoms with Gasteiger partial charge in [-0.1, -0.05) is 74.5 Å². The number of hydrogen-bond donors (Lipinski definition) is 0. The summed E-state index contributed by atoms with van der Waals surface area (Å²) in [4.78, 5) is 29.2. The Morgan fingerprint density at radius 3 is 2.03 bits per heavy atom. The number of anilines is 3. The van der Waals surface area contributed by atoms with E-state index in [4.69, 9.17) is 0 Å². The SMILES string of the molecule is Cc1ccccc1N1c2ccccc2C(C)(C)c2cc(C=C3C(=O)c4ccccc4C3=O)sc21. The molecule has 0 atom stereocenters. The van der Waals surface area contributed by atoms with Crippen LogP contribution in [0.4, 0.5) is 16.4 Å². The van der Waals surface area contributed by atoms with Crippen molar-refractivity contribution in [3.05, 3.63) is 117 Å². The average Bonchev–Trinajstić information content (AvgIpc) is 3.37. The van der Waals surface area contributed by atoms with Crippen molar-refractivity contribution in [3.8, 4) is 0 Å². The minimum atomic E-state index is -0.217. The molecule has 0 N–H and O–H groups in total. The van der Waals surface area contributed by atoms with E-state index in [-0.39, 0.29) is 22.6 Å². The van der Waals surface area contributed by atoms with Gasteiger partial charge in [0.05, 0.1) is 11.3 Å². The molecule has 1 aliphatic carbocycles. The highest BCUT2D eigenvalue weighted by atomic mass is 32.1. The van der Waals surface area contributed by atoms with Gasteiger partial charge in [0, 0.05) is 27.1 Å². The van der Waals surface area contributed by atoms with E-state index in [2.05, 4.69) is 80.3 Å². The number of ketones is 2. The molecule has 2 heterocycles. The standard InChI is InChI=1S/C30H23NO2S/c1-18-10-4-8-14-25(18)31-26-15-9-7-13-23(26)30(2,3)24-17-19(34-29(24)31)16-22-27(32)20-11-5-6-12-21(20)28(22)33/h4-17H,1-3H3. The first-order valence-corrected chi connectivity index (χ1v) is 12.2. The van der Waals surface area contributed by atoms with Crippen molar-refractivity contribution in [2.24, 2.45) is 0 Å².